The topological polar surface area (TPSA) is 66.8 Å². The van der Waals surface area contributed by atoms with Crippen molar-refractivity contribution >= 4 is 5.97 Å². The maximum Gasteiger partial charge on any atom is 0.333 e. The van der Waals surface area contributed by atoms with Crippen molar-refractivity contribution in [2.75, 3.05) is 13.2 Å². The summed E-state index contributed by atoms with van der Waals surface area (Å²) < 4.78 is 5.30. The first-order chi connectivity index (χ1) is 7.02. The van der Waals surface area contributed by atoms with Crippen LogP contribution in [0.5, 0.6) is 0 Å². The van der Waals surface area contributed by atoms with E-state index in [-0.39, 0.29) is 10.8 Å². The van der Waals surface area contributed by atoms with Crippen LogP contribution < -0.4 is 0 Å². The van der Waals surface area contributed by atoms with Crippen LogP contribution in [0.4, 0.5) is 0 Å². The van der Waals surface area contributed by atoms with Gasteiger partial charge in [-0.3, -0.25) is 0 Å². The minimum absolute atomic E-state index is 0.0664. The number of hydrogen-bond acceptors (Lipinski definition) is 3. The standard InChI is InChI=1S/C11H18O4/c1-10(4-6-15-7-5-10)11(2-3-11)8(12)9(13)14/h8,12H,2-7H2,1H3,(H,13,14). The summed E-state index contributed by atoms with van der Waals surface area (Å²) in [5.74, 6) is -1.08. The zero-order valence-electron chi connectivity index (χ0n) is 9.03. The summed E-state index contributed by atoms with van der Waals surface area (Å²) in [6, 6.07) is 0. The van der Waals surface area contributed by atoms with Gasteiger partial charge < -0.3 is 14.9 Å². The molecule has 0 aromatic carbocycles. The molecule has 15 heavy (non-hydrogen) atoms. The van der Waals surface area contributed by atoms with Crippen molar-refractivity contribution in [1.82, 2.24) is 0 Å². The van der Waals surface area contributed by atoms with E-state index in [9.17, 15) is 9.90 Å². The van der Waals surface area contributed by atoms with Crippen LogP contribution in [0, 0.1) is 10.8 Å². The third-order valence-electron chi connectivity index (χ3n) is 4.34. The molecule has 2 fully saturated rings. The van der Waals surface area contributed by atoms with Gasteiger partial charge in [-0.25, -0.2) is 4.79 Å². The Morgan fingerprint density at radius 3 is 2.20 bits per heavy atom. The molecule has 1 aliphatic heterocycles. The average Bonchev–Trinajstić information content (AvgIpc) is 2.98. The third kappa shape index (κ3) is 1.56. The van der Waals surface area contributed by atoms with Gasteiger partial charge in [-0.05, 0) is 31.1 Å². The molecule has 4 nitrogen and oxygen atoms in total. The van der Waals surface area contributed by atoms with Gasteiger partial charge in [0, 0.05) is 18.6 Å². The van der Waals surface area contributed by atoms with E-state index in [1.54, 1.807) is 0 Å². The second-order valence-electron chi connectivity index (χ2n) is 5.07. The average molecular weight is 214 g/mol. The molecule has 0 radical (unpaired) electrons. The lowest BCUT2D eigenvalue weighted by Gasteiger charge is -2.42. The number of carbonyl (C=O) groups is 1. The summed E-state index contributed by atoms with van der Waals surface area (Å²) in [5, 5.41) is 18.7. The molecule has 0 spiro atoms. The Kier molecular flexibility index (Phi) is 2.51. The summed E-state index contributed by atoms with van der Waals surface area (Å²) in [6.07, 6.45) is 2.17. The summed E-state index contributed by atoms with van der Waals surface area (Å²) in [4.78, 5) is 10.9. The maximum atomic E-state index is 10.9. The molecule has 1 unspecified atom stereocenters. The molecule has 2 N–H and O–H groups in total. The van der Waals surface area contributed by atoms with E-state index in [1.807, 2.05) is 0 Å². The molecule has 2 rings (SSSR count). The second-order valence-corrected chi connectivity index (χ2v) is 5.07. The van der Waals surface area contributed by atoms with E-state index in [0.717, 1.165) is 25.7 Å². The molecular weight excluding hydrogens is 196 g/mol. The predicted octanol–water partition coefficient (Wildman–Crippen LogP) is 1.03. The highest BCUT2D eigenvalue weighted by atomic mass is 16.5. The van der Waals surface area contributed by atoms with Crippen molar-refractivity contribution in [3.63, 3.8) is 0 Å². The summed E-state index contributed by atoms with van der Waals surface area (Å²) in [6.45, 7) is 3.46. The molecule has 1 saturated carbocycles. The molecule has 1 heterocycles. The van der Waals surface area contributed by atoms with Crippen molar-refractivity contribution in [3.05, 3.63) is 0 Å². The van der Waals surface area contributed by atoms with Gasteiger partial charge in [0.1, 0.15) is 0 Å². The zero-order valence-corrected chi connectivity index (χ0v) is 9.03. The fraction of sp³-hybridized carbons (Fsp3) is 0.909. The Morgan fingerprint density at radius 1 is 1.27 bits per heavy atom. The Bertz CT molecular complexity index is 264. The number of aliphatic hydroxyl groups excluding tert-OH is 1. The lowest BCUT2D eigenvalue weighted by molar-refractivity contribution is -0.157. The van der Waals surface area contributed by atoms with Gasteiger partial charge in [0.2, 0.25) is 0 Å². The van der Waals surface area contributed by atoms with Gasteiger partial charge >= 0.3 is 5.97 Å². The van der Waals surface area contributed by atoms with Crippen molar-refractivity contribution in [3.8, 4) is 0 Å². The molecular formula is C11H18O4. The van der Waals surface area contributed by atoms with Crippen LogP contribution in [0.25, 0.3) is 0 Å². The number of aliphatic carboxylic acids is 1. The number of aliphatic hydroxyl groups is 1. The molecule has 86 valence electrons. The Labute approximate surface area is 89.2 Å². The van der Waals surface area contributed by atoms with Gasteiger partial charge in [-0.15, -0.1) is 0 Å². The highest BCUT2D eigenvalue weighted by molar-refractivity contribution is 5.74. The van der Waals surface area contributed by atoms with E-state index in [0.29, 0.717) is 13.2 Å². The van der Waals surface area contributed by atoms with Gasteiger partial charge in [-0.2, -0.15) is 0 Å². The zero-order chi connectivity index (χ0) is 11.1. The molecule has 1 aliphatic carbocycles. The summed E-state index contributed by atoms with van der Waals surface area (Å²) in [7, 11) is 0. The summed E-state index contributed by atoms with van der Waals surface area (Å²) in [5.41, 5.74) is -0.453. The quantitative estimate of drug-likeness (QED) is 0.736. The van der Waals surface area contributed by atoms with Gasteiger partial charge in [0.05, 0.1) is 0 Å². The maximum absolute atomic E-state index is 10.9. The largest absolute Gasteiger partial charge is 0.479 e. The lowest BCUT2D eigenvalue weighted by Crippen LogP contribution is -2.45. The van der Waals surface area contributed by atoms with E-state index in [1.165, 1.54) is 0 Å². The molecule has 0 aromatic heterocycles. The Hall–Kier alpha value is -0.610. The van der Waals surface area contributed by atoms with Crippen molar-refractivity contribution in [2.45, 2.75) is 38.7 Å². The SMILES string of the molecule is CC1(C2(C(O)C(=O)O)CC2)CCOCC1. The van der Waals surface area contributed by atoms with Crippen LogP contribution in [0.2, 0.25) is 0 Å². The minimum Gasteiger partial charge on any atom is -0.479 e. The number of carboxylic acid groups (broad SMARTS) is 1. The molecule has 1 saturated heterocycles. The van der Waals surface area contributed by atoms with Crippen LogP contribution in [-0.2, 0) is 9.53 Å². The first-order valence-corrected chi connectivity index (χ1v) is 5.50. The van der Waals surface area contributed by atoms with Crippen molar-refractivity contribution in [1.29, 1.82) is 0 Å². The highest BCUT2D eigenvalue weighted by Gasteiger charge is 2.62. The Morgan fingerprint density at radius 2 is 1.80 bits per heavy atom. The van der Waals surface area contributed by atoms with E-state index in [4.69, 9.17) is 9.84 Å². The number of ether oxygens (including phenoxy) is 1. The molecule has 4 heteroatoms. The monoisotopic (exact) mass is 214 g/mol. The first-order valence-electron chi connectivity index (χ1n) is 5.50. The highest BCUT2D eigenvalue weighted by Crippen LogP contribution is 2.64. The Balaban J connectivity index is 2.17. The van der Waals surface area contributed by atoms with Crippen molar-refractivity contribution in [2.24, 2.45) is 10.8 Å². The summed E-state index contributed by atoms with van der Waals surface area (Å²) >= 11 is 0. The van der Waals surface area contributed by atoms with Crippen LogP contribution in [0.1, 0.15) is 32.6 Å². The first kappa shape index (κ1) is 10.9. The van der Waals surface area contributed by atoms with E-state index in [2.05, 4.69) is 6.92 Å². The molecule has 2 aliphatic rings. The third-order valence-corrected chi connectivity index (χ3v) is 4.34. The number of hydrogen-bond donors (Lipinski definition) is 2. The predicted molar refractivity (Wildman–Crippen MR) is 53.5 cm³/mol. The fourth-order valence-corrected chi connectivity index (χ4v) is 2.90. The lowest BCUT2D eigenvalue weighted by atomic mass is 9.66. The minimum atomic E-state index is -1.21. The normalized spacial score (nSPS) is 29.5. The van der Waals surface area contributed by atoms with E-state index >= 15 is 0 Å². The van der Waals surface area contributed by atoms with Crippen LogP contribution in [0.15, 0.2) is 0 Å². The van der Waals surface area contributed by atoms with Gasteiger partial charge in [0.25, 0.3) is 0 Å². The van der Waals surface area contributed by atoms with Gasteiger partial charge in [0.15, 0.2) is 6.10 Å². The van der Waals surface area contributed by atoms with Crippen LogP contribution in [0.3, 0.4) is 0 Å². The molecule has 0 aromatic rings. The molecule has 0 bridgehead atoms. The smallest absolute Gasteiger partial charge is 0.333 e. The molecule has 0 amide bonds. The number of rotatable bonds is 3. The molecule has 1 atom stereocenters. The van der Waals surface area contributed by atoms with E-state index < -0.39 is 12.1 Å². The second kappa shape index (κ2) is 3.46. The fourth-order valence-electron chi connectivity index (χ4n) is 2.90. The van der Waals surface area contributed by atoms with Crippen LogP contribution >= 0.6 is 0 Å². The van der Waals surface area contributed by atoms with Crippen molar-refractivity contribution < 1.29 is 19.7 Å². The number of carboxylic acids is 1. The van der Waals surface area contributed by atoms with Gasteiger partial charge in [-0.1, -0.05) is 6.92 Å². The van der Waals surface area contributed by atoms with Crippen LogP contribution in [-0.4, -0.2) is 35.5 Å².